The van der Waals surface area contributed by atoms with Crippen LogP contribution in [0.2, 0.25) is 0 Å². The SMILES string of the molecule is COc1ccc(-c2cnn(C)c2)c2nc(NC(=O)N3CCC(C(=N)N)CC3)[nH]c12. The number of aromatic amines is 1. The Bertz CT molecular complexity index is 1060. The summed E-state index contributed by atoms with van der Waals surface area (Å²) in [6.07, 6.45) is 5.07. The number of amides is 2. The molecule has 10 nitrogen and oxygen atoms in total. The molecule has 0 saturated carbocycles. The Morgan fingerprint density at radius 1 is 1.38 bits per heavy atom. The van der Waals surface area contributed by atoms with Crippen LogP contribution in [0.15, 0.2) is 24.5 Å². The Kier molecular flexibility index (Phi) is 4.83. The van der Waals surface area contributed by atoms with Gasteiger partial charge in [-0.2, -0.15) is 5.10 Å². The number of hydrogen-bond acceptors (Lipinski definition) is 5. The van der Waals surface area contributed by atoms with E-state index in [9.17, 15) is 4.79 Å². The predicted octanol–water partition coefficient (Wildman–Crippen LogP) is 2.15. The van der Waals surface area contributed by atoms with Crippen molar-refractivity contribution in [2.24, 2.45) is 18.7 Å². The Hall–Kier alpha value is -3.56. The van der Waals surface area contributed by atoms with Gasteiger partial charge in [0.2, 0.25) is 5.95 Å². The van der Waals surface area contributed by atoms with E-state index in [1.807, 2.05) is 25.4 Å². The van der Waals surface area contributed by atoms with Crippen molar-refractivity contribution in [1.29, 1.82) is 5.41 Å². The number of fused-ring (bicyclic) bond motifs is 1. The molecule has 4 rings (SSSR count). The average Bonchev–Trinajstić information content (AvgIpc) is 3.33. The zero-order valence-electron chi connectivity index (χ0n) is 16.4. The highest BCUT2D eigenvalue weighted by molar-refractivity contribution is 5.98. The number of likely N-dealkylation sites (tertiary alicyclic amines) is 1. The number of urea groups is 1. The number of methoxy groups -OCH3 is 1. The Balaban J connectivity index is 1.58. The van der Waals surface area contributed by atoms with Gasteiger partial charge in [0, 0.05) is 43.4 Å². The summed E-state index contributed by atoms with van der Waals surface area (Å²) in [5.41, 5.74) is 8.81. The molecule has 152 valence electrons. The molecule has 0 bridgehead atoms. The number of aryl methyl sites for hydroxylation is 1. The number of hydrogen-bond donors (Lipinski definition) is 4. The lowest BCUT2D eigenvalue weighted by molar-refractivity contribution is 0.193. The zero-order chi connectivity index (χ0) is 20.5. The number of nitrogens with two attached hydrogens (primary N) is 1. The van der Waals surface area contributed by atoms with E-state index in [-0.39, 0.29) is 17.8 Å². The lowest BCUT2D eigenvalue weighted by atomic mass is 9.96. The van der Waals surface area contributed by atoms with Gasteiger partial charge in [-0.1, -0.05) is 0 Å². The number of anilines is 1. The first-order valence-electron chi connectivity index (χ1n) is 9.42. The third kappa shape index (κ3) is 3.60. The smallest absolute Gasteiger partial charge is 0.324 e. The number of nitrogens with one attached hydrogen (secondary N) is 3. The van der Waals surface area contributed by atoms with Gasteiger partial charge in [0.15, 0.2) is 0 Å². The minimum atomic E-state index is -0.229. The second kappa shape index (κ2) is 7.46. The number of ether oxygens (including phenoxy) is 1. The highest BCUT2D eigenvalue weighted by Gasteiger charge is 2.25. The maximum Gasteiger partial charge on any atom is 0.324 e. The Morgan fingerprint density at radius 3 is 2.76 bits per heavy atom. The summed E-state index contributed by atoms with van der Waals surface area (Å²) in [5, 5.41) is 14.6. The zero-order valence-corrected chi connectivity index (χ0v) is 16.4. The van der Waals surface area contributed by atoms with E-state index < -0.39 is 0 Å². The first kappa shape index (κ1) is 18.8. The third-order valence-electron chi connectivity index (χ3n) is 5.29. The molecule has 1 aromatic carbocycles. The van der Waals surface area contributed by atoms with Gasteiger partial charge in [-0.15, -0.1) is 0 Å². The summed E-state index contributed by atoms with van der Waals surface area (Å²) in [6, 6.07) is 3.56. The standard InChI is InChI=1S/C19H24N8O2/c1-26-10-12(9-22-26)13-3-4-14(29-2)16-15(13)23-18(24-16)25-19(28)27-7-5-11(6-8-27)17(20)21/h3-4,9-11H,5-8H2,1-2H3,(H3,20,21)(H2,23,24,25,28). The average molecular weight is 396 g/mol. The number of rotatable bonds is 4. The molecule has 0 aliphatic carbocycles. The normalized spacial score (nSPS) is 14.9. The second-order valence-corrected chi connectivity index (χ2v) is 7.17. The quantitative estimate of drug-likeness (QED) is 0.395. The van der Waals surface area contributed by atoms with E-state index in [1.54, 1.807) is 22.9 Å². The molecule has 0 spiro atoms. The van der Waals surface area contributed by atoms with Gasteiger partial charge in [0.1, 0.15) is 16.8 Å². The molecular formula is C19H24N8O2. The molecule has 5 N–H and O–H groups in total. The van der Waals surface area contributed by atoms with Crippen LogP contribution in [0, 0.1) is 11.3 Å². The Morgan fingerprint density at radius 2 is 2.14 bits per heavy atom. The third-order valence-corrected chi connectivity index (χ3v) is 5.29. The van der Waals surface area contributed by atoms with Gasteiger partial charge in [-0.3, -0.25) is 15.4 Å². The molecular weight excluding hydrogens is 372 g/mol. The topological polar surface area (TPSA) is 138 Å². The molecule has 1 fully saturated rings. The fourth-order valence-electron chi connectivity index (χ4n) is 3.66. The molecule has 29 heavy (non-hydrogen) atoms. The molecule has 2 aromatic heterocycles. The molecule has 3 heterocycles. The summed E-state index contributed by atoms with van der Waals surface area (Å²) >= 11 is 0. The number of benzene rings is 1. The number of carbonyl (C=O) groups excluding carboxylic acids is 1. The lowest BCUT2D eigenvalue weighted by Gasteiger charge is -2.31. The summed E-state index contributed by atoms with van der Waals surface area (Å²) in [7, 11) is 3.45. The van der Waals surface area contributed by atoms with Crippen molar-refractivity contribution in [1.82, 2.24) is 24.6 Å². The van der Waals surface area contributed by atoms with Gasteiger partial charge in [0.05, 0.1) is 19.1 Å². The van der Waals surface area contributed by atoms with Crippen molar-refractivity contribution in [3.8, 4) is 16.9 Å². The van der Waals surface area contributed by atoms with Crippen LogP contribution in [0.1, 0.15) is 12.8 Å². The van der Waals surface area contributed by atoms with Crippen LogP contribution < -0.4 is 15.8 Å². The summed E-state index contributed by atoms with van der Waals surface area (Å²) in [5.74, 6) is 1.24. The molecule has 0 atom stereocenters. The number of nitrogens with zero attached hydrogens (tertiary/aromatic N) is 4. The first-order chi connectivity index (χ1) is 14.0. The number of aromatic nitrogens is 4. The number of carbonyl (C=O) groups is 1. The molecule has 10 heteroatoms. The van der Waals surface area contributed by atoms with E-state index >= 15 is 0 Å². The highest BCUT2D eigenvalue weighted by atomic mass is 16.5. The fraction of sp³-hybridized carbons (Fsp3) is 0.368. The molecule has 2 amide bonds. The summed E-state index contributed by atoms with van der Waals surface area (Å²) < 4.78 is 7.17. The van der Waals surface area contributed by atoms with Crippen LogP contribution in [-0.4, -0.2) is 56.7 Å². The molecule has 3 aromatic rings. The Labute approximate surface area is 167 Å². The first-order valence-corrected chi connectivity index (χ1v) is 9.42. The van der Waals surface area contributed by atoms with Gasteiger partial charge in [0.25, 0.3) is 0 Å². The van der Waals surface area contributed by atoms with E-state index in [4.69, 9.17) is 15.9 Å². The van der Waals surface area contributed by atoms with Crippen LogP contribution in [-0.2, 0) is 7.05 Å². The number of H-pyrrole nitrogens is 1. The van der Waals surface area contributed by atoms with Gasteiger partial charge < -0.3 is 20.4 Å². The minimum absolute atomic E-state index is 0.0524. The molecule has 1 aliphatic heterocycles. The molecule has 0 unspecified atom stereocenters. The molecule has 1 aliphatic rings. The maximum absolute atomic E-state index is 12.7. The lowest BCUT2D eigenvalue weighted by Crippen LogP contribution is -2.43. The van der Waals surface area contributed by atoms with Gasteiger partial charge in [-0.25, -0.2) is 9.78 Å². The van der Waals surface area contributed by atoms with Crippen molar-refractivity contribution in [2.45, 2.75) is 12.8 Å². The number of imidazole rings is 1. The van der Waals surface area contributed by atoms with Crippen molar-refractivity contribution >= 4 is 28.8 Å². The highest BCUT2D eigenvalue weighted by Crippen LogP contribution is 2.33. The van der Waals surface area contributed by atoms with Gasteiger partial charge in [-0.05, 0) is 25.0 Å². The predicted molar refractivity (Wildman–Crippen MR) is 110 cm³/mol. The molecule has 0 radical (unpaired) electrons. The van der Waals surface area contributed by atoms with Crippen molar-refractivity contribution < 1.29 is 9.53 Å². The fourth-order valence-corrected chi connectivity index (χ4v) is 3.66. The van der Waals surface area contributed by atoms with Gasteiger partial charge >= 0.3 is 6.03 Å². The van der Waals surface area contributed by atoms with Crippen LogP contribution >= 0.6 is 0 Å². The largest absolute Gasteiger partial charge is 0.494 e. The van der Waals surface area contributed by atoms with Crippen LogP contribution in [0.4, 0.5) is 10.7 Å². The van der Waals surface area contributed by atoms with Crippen molar-refractivity contribution in [3.63, 3.8) is 0 Å². The van der Waals surface area contributed by atoms with Crippen LogP contribution in [0.3, 0.4) is 0 Å². The van der Waals surface area contributed by atoms with Crippen molar-refractivity contribution in [3.05, 3.63) is 24.5 Å². The van der Waals surface area contributed by atoms with Crippen LogP contribution in [0.5, 0.6) is 5.75 Å². The second-order valence-electron chi connectivity index (χ2n) is 7.17. The van der Waals surface area contributed by atoms with Crippen LogP contribution in [0.25, 0.3) is 22.2 Å². The van der Waals surface area contributed by atoms with E-state index in [2.05, 4.69) is 20.4 Å². The van der Waals surface area contributed by atoms with E-state index in [0.717, 1.165) is 11.1 Å². The van der Waals surface area contributed by atoms with E-state index in [0.29, 0.717) is 48.7 Å². The summed E-state index contributed by atoms with van der Waals surface area (Å²) in [4.78, 5) is 22.1. The number of piperidine rings is 1. The van der Waals surface area contributed by atoms with E-state index in [1.165, 1.54) is 0 Å². The monoisotopic (exact) mass is 396 g/mol. The van der Waals surface area contributed by atoms with Crippen molar-refractivity contribution in [2.75, 3.05) is 25.5 Å². The maximum atomic E-state index is 12.7. The minimum Gasteiger partial charge on any atom is -0.494 e. The summed E-state index contributed by atoms with van der Waals surface area (Å²) in [6.45, 7) is 1.11. The number of amidine groups is 1. The molecule has 1 saturated heterocycles.